The number of nitrogens with zero attached hydrogens (tertiary/aromatic N) is 1. The summed E-state index contributed by atoms with van der Waals surface area (Å²) in [7, 11) is 1.81. The highest BCUT2D eigenvalue weighted by Gasteiger charge is 2.32. The molecule has 2 saturated heterocycles. The Kier molecular flexibility index (Phi) is 4.46. The summed E-state index contributed by atoms with van der Waals surface area (Å²) in [6.07, 6.45) is 3.15. The van der Waals surface area contributed by atoms with Crippen LogP contribution in [-0.2, 0) is 4.74 Å². The number of halogens is 1. The Balaban J connectivity index is 0.000000845. The second-order valence-corrected chi connectivity index (χ2v) is 3.79. The fourth-order valence-corrected chi connectivity index (χ4v) is 2.09. The minimum Gasteiger partial charge on any atom is -0.379 e. The van der Waals surface area contributed by atoms with Gasteiger partial charge < -0.3 is 10.1 Å². The lowest BCUT2D eigenvalue weighted by molar-refractivity contribution is -0.0557. The van der Waals surface area contributed by atoms with E-state index in [1.165, 1.54) is 25.9 Å². The first-order valence-electron chi connectivity index (χ1n) is 4.87. The Bertz CT molecular complexity index is 145. The maximum Gasteiger partial charge on any atom is 0.0825 e. The SMILES string of the molecule is COC1CN(C2CCNCC2)C1.Cl. The van der Waals surface area contributed by atoms with E-state index >= 15 is 0 Å². The third-order valence-electron chi connectivity index (χ3n) is 3.03. The van der Waals surface area contributed by atoms with E-state index in [-0.39, 0.29) is 12.4 Å². The average Bonchev–Trinajstić information content (AvgIpc) is 2.04. The molecule has 0 atom stereocenters. The van der Waals surface area contributed by atoms with Crippen LogP contribution in [0.3, 0.4) is 0 Å². The van der Waals surface area contributed by atoms with E-state index in [2.05, 4.69) is 10.2 Å². The zero-order valence-electron chi connectivity index (χ0n) is 8.16. The molecular formula is C9H19ClN2O. The maximum atomic E-state index is 5.25. The van der Waals surface area contributed by atoms with Crippen molar-refractivity contribution in [3.05, 3.63) is 0 Å². The smallest absolute Gasteiger partial charge is 0.0825 e. The molecule has 0 spiro atoms. The van der Waals surface area contributed by atoms with Crippen molar-refractivity contribution >= 4 is 12.4 Å². The molecule has 1 N–H and O–H groups in total. The van der Waals surface area contributed by atoms with Crippen LogP contribution in [0.1, 0.15) is 12.8 Å². The molecule has 4 heteroatoms. The molecule has 2 fully saturated rings. The second kappa shape index (κ2) is 5.15. The largest absolute Gasteiger partial charge is 0.379 e. The molecule has 0 aromatic rings. The summed E-state index contributed by atoms with van der Waals surface area (Å²) >= 11 is 0. The minimum absolute atomic E-state index is 0. The van der Waals surface area contributed by atoms with Crippen LogP contribution < -0.4 is 5.32 Å². The van der Waals surface area contributed by atoms with Gasteiger partial charge in [0.05, 0.1) is 6.10 Å². The highest BCUT2D eigenvalue weighted by atomic mass is 35.5. The Morgan fingerprint density at radius 2 is 1.85 bits per heavy atom. The Morgan fingerprint density at radius 1 is 1.23 bits per heavy atom. The van der Waals surface area contributed by atoms with Crippen LogP contribution in [0.25, 0.3) is 0 Å². The van der Waals surface area contributed by atoms with Gasteiger partial charge in [0.15, 0.2) is 0 Å². The monoisotopic (exact) mass is 206 g/mol. The summed E-state index contributed by atoms with van der Waals surface area (Å²) < 4.78 is 5.25. The number of nitrogens with one attached hydrogen (secondary N) is 1. The molecule has 78 valence electrons. The van der Waals surface area contributed by atoms with E-state index in [1.807, 2.05) is 7.11 Å². The standard InChI is InChI=1S/C9H18N2O.ClH/c1-12-9-6-11(7-9)8-2-4-10-5-3-8;/h8-10H,2-7H2,1H3;1H. The minimum atomic E-state index is 0. The fraction of sp³-hybridized carbons (Fsp3) is 1.00. The van der Waals surface area contributed by atoms with Gasteiger partial charge in [-0.3, -0.25) is 4.90 Å². The lowest BCUT2D eigenvalue weighted by Crippen LogP contribution is -2.58. The molecule has 0 radical (unpaired) electrons. The molecule has 0 aromatic carbocycles. The maximum absolute atomic E-state index is 5.25. The molecule has 0 aliphatic carbocycles. The van der Waals surface area contributed by atoms with Gasteiger partial charge in [0.1, 0.15) is 0 Å². The Labute approximate surface area is 86.2 Å². The van der Waals surface area contributed by atoms with Gasteiger partial charge in [-0.25, -0.2) is 0 Å². The van der Waals surface area contributed by atoms with Crippen LogP contribution in [0.15, 0.2) is 0 Å². The van der Waals surface area contributed by atoms with Crippen LogP contribution in [-0.4, -0.2) is 50.3 Å². The molecule has 0 aromatic heterocycles. The number of hydrogen-bond acceptors (Lipinski definition) is 3. The number of hydrogen-bond donors (Lipinski definition) is 1. The molecule has 2 aliphatic rings. The van der Waals surface area contributed by atoms with Gasteiger partial charge in [0.25, 0.3) is 0 Å². The molecule has 0 unspecified atom stereocenters. The second-order valence-electron chi connectivity index (χ2n) is 3.79. The van der Waals surface area contributed by atoms with Crippen molar-refractivity contribution in [3.63, 3.8) is 0 Å². The number of ether oxygens (including phenoxy) is 1. The first-order valence-corrected chi connectivity index (χ1v) is 4.87. The molecule has 2 aliphatic heterocycles. The van der Waals surface area contributed by atoms with E-state index in [4.69, 9.17) is 4.74 Å². The fourth-order valence-electron chi connectivity index (χ4n) is 2.09. The van der Waals surface area contributed by atoms with Gasteiger partial charge in [-0.05, 0) is 25.9 Å². The van der Waals surface area contributed by atoms with E-state index < -0.39 is 0 Å². The lowest BCUT2D eigenvalue weighted by atomic mass is 10.00. The van der Waals surface area contributed by atoms with Crippen LogP contribution in [0, 0.1) is 0 Å². The number of likely N-dealkylation sites (tertiary alicyclic amines) is 1. The topological polar surface area (TPSA) is 24.5 Å². The predicted octanol–water partition coefficient (Wildman–Crippen LogP) is 0.491. The number of piperidine rings is 1. The van der Waals surface area contributed by atoms with Gasteiger partial charge in [0.2, 0.25) is 0 Å². The molecule has 3 nitrogen and oxygen atoms in total. The third-order valence-corrected chi connectivity index (χ3v) is 3.03. The summed E-state index contributed by atoms with van der Waals surface area (Å²) in [5, 5.41) is 3.39. The molecule has 13 heavy (non-hydrogen) atoms. The van der Waals surface area contributed by atoms with Crippen molar-refractivity contribution in [2.24, 2.45) is 0 Å². The highest BCUT2D eigenvalue weighted by molar-refractivity contribution is 5.85. The quantitative estimate of drug-likeness (QED) is 0.712. The van der Waals surface area contributed by atoms with Gasteiger partial charge in [0, 0.05) is 26.2 Å². The third kappa shape index (κ3) is 2.56. The zero-order valence-corrected chi connectivity index (χ0v) is 8.98. The average molecular weight is 207 g/mol. The van der Waals surface area contributed by atoms with Crippen molar-refractivity contribution in [1.29, 1.82) is 0 Å². The number of rotatable bonds is 2. The van der Waals surface area contributed by atoms with Gasteiger partial charge in [-0.2, -0.15) is 0 Å². The van der Waals surface area contributed by atoms with Gasteiger partial charge in [-0.15, -0.1) is 12.4 Å². The highest BCUT2D eigenvalue weighted by Crippen LogP contribution is 2.20. The molecular weight excluding hydrogens is 188 g/mol. The zero-order chi connectivity index (χ0) is 8.39. The molecule has 0 saturated carbocycles. The molecule has 2 rings (SSSR count). The lowest BCUT2D eigenvalue weighted by Gasteiger charge is -2.44. The molecule has 0 bridgehead atoms. The van der Waals surface area contributed by atoms with E-state index in [0.29, 0.717) is 6.10 Å². The number of methoxy groups -OCH3 is 1. The van der Waals surface area contributed by atoms with E-state index in [9.17, 15) is 0 Å². The van der Waals surface area contributed by atoms with Crippen molar-refractivity contribution in [3.8, 4) is 0 Å². The summed E-state index contributed by atoms with van der Waals surface area (Å²) in [6, 6.07) is 0.831. The van der Waals surface area contributed by atoms with E-state index in [0.717, 1.165) is 19.1 Å². The summed E-state index contributed by atoms with van der Waals surface area (Å²) in [4.78, 5) is 2.55. The van der Waals surface area contributed by atoms with Crippen LogP contribution in [0.2, 0.25) is 0 Å². The predicted molar refractivity (Wildman–Crippen MR) is 55.5 cm³/mol. The van der Waals surface area contributed by atoms with Gasteiger partial charge in [-0.1, -0.05) is 0 Å². The first kappa shape index (κ1) is 11.2. The molecule has 0 amide bonds. The van der Waals surface area contributed by atoms with Crippen molar-refractivity contribution < 1.29 is 4.74 Å². The summed E-state index contributed by atoms with van der Waals surface area (Å²) in [5.74, 6) is 0. The van der Waals surface area contributed by atoms with Crippen LogP contribution in [0.5, 0.6) is 0 Å². The Hall–Kier alpha value is 0.170. The van der Waals surface area contributed by atoms with Crippen LogP contribution in [0.4, 0.5) is 0 Å². The summed E-state index contributed by atoms with van der Waals surface area (Å²) in [5.41, 5.74) is 0. The Morgan fingerprint density at radius 3 is 2.38 bits per heavy atom. The van der Waals surface area contributed by atoms with Gasteiger partial charge >= 0.3 is 0 Å². The first-order chi connectivity index (χ1) is 5.90. The molecule has 2 heterocycles. The van der Waals surface area contributed by atoms with Crippen molar-refractivity contribution in [2.75, 3.05) is 33.3 Å². The van der Waals surface area contributed by atoms with E-state index in [1.54, 1.807) is 0 Å². The van der Waals surface area contributed by atoms with Crippen LogP contribution >= 0.6 is 12.4 Å². The normalized spacial score (nSPS) is 26.5. The van der Waals surface area contributed by atoms with Crippen molar-refractivity contribution in [1.82, 2.24) is 10.2 Å². The summed E-state index contributed by atoms with van der Waals surface area (Å²) in [6.45, 7) is 4.69. The van der Waals surface area contributed by atoms with Crippen molar-refractivity contribution in [2.45, 2.75) is 25.0 Å².